The van der Waals surface area contributed by atoms with Gasteiger partial charge in [0.25, 0.3) is 5.91 Å². The van der Waals surface area contributed by atoms with Crippen LogP contribution in [0.2, 0.25) is 10.0 Å². The fraction of sp³-hybridized carbons (Fsp3) is 0.619. The van der Waals surface area contributed by atoms with Crippen LogP contribution in [0.15, 0.2) is 23.4 Å². The van der Waals surface area contributed by atoms with Crippen molar-refractivity contribution in [3.8, 4) is 0 Å². The average molecular weight is 409 g/mol. The molecule has 1 aromatic carbocycles. The van der Waals surface area contributed by atoms with Gasteiger partial charge in [0.05, 0.1) is 11.2 Å². The molecule has 1 N–H and O–H groups in total. The SMILES string of the molecule is CC(NC(=O)CON=Cc1ccc(Cl)cc1Cl)C12CC3CC(CC(C3)C1)C2. The van der Waals surface area contributed by atoms with E-state index in [4.69, 9.17) is 28.0 Å². The number of benzene rings is 1. The summed E-state index contributed by atoms with van der Waals surface area (Å²) in [4.78, 5) is 17.5. The van der Waals surface area contributed by atoms with E-state index >= 15 is 0 Å². The average Bonchev–Trinajstić information content (AvgIpc) is 2.59. The maximum absolute atomic E-state index is 12.3. The molecule has 1 unspecified atom stereocenters. The molecule has 6 heteroatoms. The Hall–Kier alpha value is -1.26. The molecule has 27 heavy (non-hydrogen) atoms. The Labute approximate surface area is 170 Å². The summed E-state index contributed by atoms with van der Waals surface area (Å²) in [5, 5.41) is 8.09. The van der Waals surface area contributed by atoms with Crippen LogP contribution in [0.5, 0.6) is 0 Å². The quantitative estimate of drug-likeness (QED) is 0.527. The third-order valence-electron chi connectivity index (χ3n) is 6.81. The van der Waals surface area contributed by atoms with E-state index in [0.717, 1.165) is 17.8 Å². The number of carbonyl (C=O) groups is 1. The van der Waals surface area contributed by atoms with Gasteiger partial charge in [0.1, 0.15) is 0 Å². The largest absolute Gasteiger partial charge is 0.386 e. The molecule has 1 atom stereocenters. The molecule has 1 aromatic rings. The summed E-state index contributed by atoms with van der Waals surface area (Å²) in [6.07, 6.45) is 9.53. The van der Waals surface area contributed by atoms with Crippen LogP contribution < -0.4 is 5.32 Å². The van der Waals surface area contributed by atoms with Gasteiger partial charge in [-0.25, -0.2) is 0 Å². The van der Waals surface area contributed by atoms with Gasteiger partial charge in [-0.1, -0.05) is 34.4 Å². The summed E-state index contributed by atoms with van der Waals surface area (Å²) in [6.45, 7) is 2.08. The zero-order valence-corrected chi connectivity index (χ0v) is 17.1. The molecule has 146 valence electrons. The topological polar surface area (TPSA) is 50.7 Å². The second-order valence-corrected chi connectivity index (χ2v) is 9.59. The Balaban J connectivity index is 1.27. The van der Waals surface area contributed by atoms with Crippen molar-refractivity contribution < 1.29 is 9.63 Å². The highest BCUT2D eigenvalue weighted by Crippen LogP contribution is 2.61. The van der Waals surface area contributed by atoms with E-state index in [-0.39, 0.29) is 18.6 Å². The summed E-state index contributed by atoms with van der Waals surface area (Å²) in [5.74, 6) is 2.51. The van der Waals surface area contributed by atoms with E-state index in [2.05, 4.69) is 17.4 Å². The van der Waals surface area contributed by atoms with Crippen molar-refractivity contribution in [3.05, 3.63) is 33.8 Å². The van der Waals surface area contributed by atoms with Crippen LogP contribution in [0.25, 0.3) is 0 Å². The van der Waals surface area contributed by atoms with Gasteiger partial charge in [-0.2, -0.15) is 0 Å². The number of hydrogen-bond acceptors (Lipinski definition) is 3. The normalized spacial score (nSPS) is 32.6. The monoisotopic (exact) mass is 408 g/mol. The molecule has 0 radical (unpaired) electrons. The molecule has 4 fully saturated rings. The van der Waals surface area contributed by atoms with Crippen molar-refractivity contribution in [2.45, 2.75) is 51.5 Å². The van der Waals surface area contributed by atoms with E-state index in [1.165, 1.54) is 44.7 Å². The van der Waals surface area contributed by atoms with Gasteiger partial charge in [-0.05, 0) is 80.8 Å². The maximum Gasteiger partial charge on any atom is 0.261 e. The van der Waals surface area contributed by atoms with Crippen LogP contribution in [0.1, 0.15) is 51.0 Å². The lowest BCUT2D eigenvalue weighted by Gasteiger charge is -2.59. The molecule has 5 rings (SSSR count). The number of hydrogen-bond donors (Lipinski definition) is 1. The fourth-order valence-corrected chi connectivity index (χ4v) is 6.40. The zero-order valence-electron chi connectivity index (χ0n) is 15.6. The molecule has 1 amide bonds. The standard InChI is InChI=1S/C21H26Cl2N2O2/c1-13(21-8-14-4-15(9-21)6-16(5-14)10-21)25-20(26)12-27-24-11-17-2-3-18(22)7-19(17)23/h2-3,7,11,13-16H,4-6,8-10,12H2,1H3,(H,25,26). The molecule has 4 bridgehead atoms. The lowest BCUT2D eigenvalue weighted by Crippen LogP contribution is -2.56. The molecule has 4 aliphatic rings. The molecular formula is C21H26Cl2N2O2. The van der Waals surface area contributed by atoms with E-state index in [1.807, 2.05) is 0 Å². The van der Waals surface area contributed by atoms with E-state index < -0.39 is 0 Å². The number of nitrogens with one attached hydrogen (secondary N) is 1. The zero-order chi connectivity index (χ0) is 19.0. The van der Waals surface area contributed by atoms with Crippen molar-refractivity contribution in [2.24, 2.45) is 28.3 Å². The molecule has 0 aliphatic heterocycles. The van der Waals surface area contributed by atoms with Crippen LogP contribution in [-0.2, 0) is 9.63 Å². The molecule has 0 heterocycles. The Morgan fingerprint density at radius 1 is 1.26 bits per heavy atom. The van der Waals surface area contributed by atoms with Crippen molar-refractivity contribution in [1.29, 1.82) is 0 Å². The summed E-state index contributed by atoms with van der Waals surface area (Å²) >= 11 is 11.9. The van der Waals surface area contributed by atoms with Crippen molar-refractivity contribution in [2.75, 3.05) is 6.61 Å². The first-order chi connectivity index (χ1) is 12.9. The molecule has 4 aliphatic carbocycles. The summed E-state index contributed by atoms with van der Waals surface area (Å²) in [6, 6.07) is 5.32. The highest BCUT2D eigenvalue weighted by Gasteiger charge is 2.53. The molecule has 4 nitrogen and oxygen atoms in total. The van der Waals surface area contributed by atoms with E-state index in [1.54, 1.807) is 18.2 Å². The molecular weight excluding hydrogens is 383 g/mol. The van der Waals surface area contributed by atoms with Crippen molar-refractivity contribution in [1.82, 2.24) is 5.32 Å². The summed E-state index contributed by atoms with van der Waals surface area (Å²) in [5.41, 5.74) is 0.994. The van der Waals surface area contributed by atoms with Crippen LogP contribution in [0.3, 0.4) is 0 Å². The number of oxime groups is 1. The lowest BCUT2D eigenvalue weighted by molar-refractivity contribution is -0.130. The minimum absolute atomic E-state index is 0.0849. The van der Waals surface area contributed by atoms with E-state index in [9.17, 15) is 4.79 Å². The molecule has 0 saturated heterocycles. The van der Waals surface area contributed by atoms with Gasteiger partial charge in [-0.15, -0.1) is 0 Å². The van der Waals surface area contributed by atoms with Gasteiger partial charge in [0, 0.05) is 16.6 Å². The second-order valence-electron chi connectivity index (χ2n) is 8.74. The first-order valence-corrected chi connectivity index (χ1v) is 10.6. The highest BCUT2D eigenvalue weighted by atomic mass is 35.5. The van der Waals surface area contributed by atoms with Gasteiger partial charge >= 0.3 is 0 Å². The highest BCUT2D eigenvalue weighted by molar-refractivity contribution is 6.36. The Morgan fingerprint density at radius 3 is 2.48 bits per heavy atom. The van der Waals surface area contributed by atoms with Gasteiger partial charge < -0.3 is 10.2 Å². The Morgan fingerprint density at radius 2 is 1.89 bits per heavy atom. The predicted molar refractivity (Wildman–Crippen MR) is 108 cm³/mol. The maximum atomic E-state index is 12.3. The predicted octanol–water partition coefficient (Wildman–Crippen LogP) is 5.07. The lowest BCUT2D eigenvalue weighted by atomic mass is 9.48. The Kier molecular flexibility index (Phi) is 5.39. The van der Waals surface area contributed by atoms with Gasteiger partial charge in [0.15, 0.2) is 6.61 Å². The van der Waals surface area contributed by atoms with Crippen molar-refractivity contribution >= 4 is 35.3 Å². The fourth-order valence-electron chi connectivity index (χ4n) is 5.94. The summed E-state index contributed by atoms with van der Waals surface area (Å²) < 4.78 is 0. The first kappa shape index (κ1) is 19.1. The third kappa shape index (κ3) is 4.12. The molecule has 4 saturated carbocycles. The molecule has 0 spiro atoms. The number of rotatable bonds is 6. The summed E-state index contributed by atoms with van der Waals surface area (Å²) in [7, 11) is 0. The van der Waals surface area contributed by atoms with Crippen LogP contribution >= 0.6 is 23.2 Å². The number of halogens is 2. The minimum atomic E-state index is -0.113. The van der Waals surface area contributed by atoms with Crippen molar-refractivity contribution in [3.63, 3.8) is 0 Å². The first-order valence-electron chi connectivity index (χ1n) is 9.83. The van der Waals surface area contributed by atoms with Crippen LogP contribution in [0.4, 0.5) is 0 Å². The van der Waals surface area contributed by atoms with Gasteiger partial charge in [-0.3, -0.25) is 4.79 Å². The number of nitrogens with zero attached hydrogens (tertiary/aromatic N) is 1. The smallest absolute Gasteiger partial charge is 0.261 e. The Bertz CT molecular complexity index is 714. The van der Waals surface area contributed by atoms with Crippen LogP contribution in [-0.4, -0.2) is 24.8 Å². The third-order valence-corrected chi connectivity index (χ3v) is 7.37. The van der Waals surface area contributed by atoms with E-state index in [0.29, 0.717) is 21.0 Å². The second kappa shape index (κ2) is 7.63. The minimum Gasteiger partial charge on any atom is -0.386 e. The van der Waals surface area contributed by atoms with Gasteiger partial charge in [0.2, 0.25) is 0 Å². The number of amides is 1. The number of carbonyl (C=O) groups excluding carboxylic acids is 1. The van der Waals surface area contributed by atoms with Crippen LogP contribution in [0, 0.1) is 23.2 Å². The molecule has 0 aromatic heterocycles.